The summed E-state index contributed by atoms with van der Waals surface area (Å²) in [4.78, 5) is 12.6. The van der Waals surface area contributed by atoms with Gasteiger partial charge in [-0.15, -0.1) is 12.6 Å². The van der Waals surface area contributed by atoms with Crippen LogP contribution in [-0.4, -0.2) is 32.7 Å². The van der Waals surface area contributed by atoms with Gasteiger partial charge in [-0.2, -0.15) is 0 Å². The first-order chi connectivity index (χ1) is 8.59. The van der Waals surface area contributed by atoms with Crippen LogP contribution in [-0.2, 0) is 10.0 Å². The van der Waals surface area contributed by atoms with Crippen molar-refractivity contribution in [2.24, 2.45) is 0 Å². The van der Waals surface area contributed by atoms with Gasteiger partial charge in [-0.05, 0) is 38.1 Å². The number of nitrogens with one attached hydrogen (secondary N) is 2. The normalized spacial score (nSPS) is 12.2. The fourth-order valence-electron chi connectivity index (χ4n) is 1.55. The Kier molecular flexibility index (Phi) is 5.00. The fourth-order valence-corrected chi connectivity index (χ4v) is 2.78. The number of hydrogen-bond donors (Lipinski definition) is 3. The molecule has 0 heterocycles. The molecule has 7 heteroatoms. The van der Waals surface area contributed by atoms with Crippen molar-refractivity contribution in [1.29, 1.82) is 0 Å². The predicted octanol–water partition coefficient (Wildman–Crippen LogP) is 1.03. The van der Waals surface area contributed by atoms with Crippen LogP contribution in [0.25, 0.3) is 0 Å². The molecule has 0 aliphatic carbocycles. The van der Waals surface area contributed by atoms with E-state index in [1.54, 1.807) is 38.1 Å². The van der Waals surface area contributed by atoms with E-state index in [1.165, 1.54) is 0 Å². The molecular weight excluding hydrogens is 284 g/mol. The van der Waals surface area contributed by atoms with Gasteiger partial charge in [0.25, 0.3) is 5.91 Å². The van der Waals surface area contributed by atoms with Gasteiger partial charge < -0.3 is 5.32 Å². The highest BCUT2D eigenvalue weighted by Crippen LogP contribution is 2.08. The maximum absolute atomic E-state index is 11.9. The van der Waals surface area contributed by atoms with Crippen LogP contribution in [0.5, 0.6) is 0 Å². The average Bonchev–Trinajstić information content (AvgIpc) is 2.24. The predicted molar refractivity (Wildman–Crippen MR) is 78.1 cm³/mol. The van der Waals surface area contributed by atoms with E-state index in [1.807, 2.05) is 0 Å². The summed E-state index contributed by atoms with van der Waals surface area (Å²) in [6, 6.07) is 6.76. The first-order valence-electron chi connectivity index (χ1n) is 5.65. The Labute approximate surface area is 119 Å². The van der Waals surface area contributed by atoms with E-state index in [2.05, 4.69) is 22.7 Å². The van der Waals surface area contributed by atoms with Crippen LogP contribution >= 0.6 is 12.6 Å². The number of hydrogen-bond acceptors (Lipinski definition) is 4. The third-order valence-corrected chi connectivity index (χ3v) is 3.50. The van der Waals surface area contributed by atoms with Crippen molar-refractivity contribution in [2.45, 2.75) is 24.3 Å². The molecule has 0 aliphatic rings. The summed E-state index contributed by atoms with van der Waals surface area (Å²) < 4.78 is 24.8. The molecule has 1 amide bonds. The smallest absolute Gasteiger partial charge is 0.251 e. The Morgan fingerprint density at radius 1 is 1.26 bits per heavy atom. The third-order valence-electron chi connectivity index (χ3n) is 2.28. The highest BCUT2D eigenvalue weighted by atomic mass is 32.2. The van der Waals surface area contributed by atoms with E-state index in [9.17, 15) is 13.2 Å². The zero-order valence-corrected chi connectivity index (χ0v) is 12.8. The summed E-state index contributed by atoms with van der Waals surface area (Å²) in [6.45, 7) is 3.60. The monoisotopic (exact) mass is 302 g/mol. The summed E-state index contributed by atoms with van der Waals surface area (Å²) in [5.41, 5.74) is -0.236. The molecule has 0 spiro atoms. The molecule has 0 saturated heterocycles. The van der Waals surface area contributed by atoms with Gasteiger partial charge >= 0.3 is 0 Å². The van der Waals surface area contributed by atoms with E-state index >= 15 is 0 Å². The van der Waals surface area contributed by atoms with Crippen LogP contribution < -0.4 is 10.0 Å². The van der Waals surface area contributed by atoms with Crippen LogP contribution in [0.2, 0.25) is 0 Å². The molecule has 0 aromatic heterocycles. The lowest BCUT2D eigenvalue weighted by atomic mass is 10.1. The van der Waals surface area contributed by atoms with Gasteiger partial charge in [0.15, 0.2) is 0 Å². The van der Waals surface area contributed by atoms with Crippen LogP contribution in [0.15, 0.2) is 29.2 Å². The number of benzene rings is 1. The zero-order valence-electron chi connectivity index (χ0n) is 11.1. The van der Waals surface area contributed by atoms with Crippen molar-refractivity contribution >= 4 is 28.6 Å². The van der Waals surface area contributed by atoms with E-state index < -0.39 is 15.6 Å². The first kappa shape index (κ1) is 16.0. The SMILES string of the molecule is CC(C)(CNC(=O)c1ccc(S)cc1)NS(C)(=O)=O. The van der Waals surface area contributed by atoms with Crippen molar-refractivity contribution in [3.63, 3.8) is 0 Å². The van der Waals surface area contributed by atoms with E-state index in [-0.39, 0.29) is 12.5 Å². The molecule has 1 aromatic carbocycles. The molecule has 0 radical (unpaired) electrons. The molecule has 1 rings (SSSR count). The standard InChI is InChI=1S/C12H18N2O3S2/c1-12(2,14-19(3,16)17)8-13-11(15)9-4-6-10(18)7-5-9/h4-7,14,18H,8H2,1-3H3,(H,13,15). The Morgan fingerprint density at radius 3 is 2.26 bits per heavy atom. The molecule has 0 atom stereocenters. The van der Waals surface area contributed by atoms with Gasteiger partial charge in [0.05, 0.1) is 6.26 Å². The second kappa shape index (κ2) is 5.94. The lowest BCUT2D eigenvalue weighted by Crippen LogP contribution is -2.51. The molecule has 0 bridgehead atoms. The van der Waals surface area contributed by atoms with Crippen molar-refractivity contribution in [3.05, 3.63) is 29.8 Å². The third kappa shape index (κ3) is 6.09. The molecule has 0 fully saturated rings. The van der Waals surface area contributed by atoms with E-state index in [0.29, 0.717) is 5.56 Å². The van der Waals surface area contributed by atoms with Crippen molar-refractivity contribution in [1.82, 2.24) is 10.0 Å². The van der Waals surface area contributed by atoms with Crippen molar-refractivity contribution < 1.29 is 13.2 Å². The van der Waals surface area contributed by atoms with Crippen LogP contribution in [0.1, 0.15) is 24.2 Å². The quantitative estimate of drug-likeness (QED) is 0.711. The average molecular weight is 302 g/mol. The molecular formula is C12H18N2O3S2. The number of carbonyl (C=O) groups is 1. The fraction of sp³-hybridized carbons (Fsp3) is 0.417. The number of rotatable bonds is 5. The topological polar surface area (TPSA) is 75.3 Å². The molecule has 106 valence electrons. The first-order valence-corrected chi connectivity index (χ1v) is 7.99. The maximum Gasteiger partial charge on any atom is 0.251 e. The van der Waals surface area contributed by atoms with Crippen LogP contribution in [0.4, 0.5) is 0 Å². The van der Waals surface area contributed by atoms with E-state index in [4.69, 9.17) is 0 Å². The zero-order chi connectivity index (χ0) is 14.7. The summed E-state index contributed by atoms with van der Waals surface area (Å²) in [5.74, 6) is -0.253. The van der Waals surface area contributed by atoms with Gasteiger partial charge in [0, 0.05) is 22.5 Å². The number of thiol groups is 1. The lowest BCUT2D eigenvalue weighted by Gasteiger charge is -2.25. The minimum absolute atomic E-state index is 0.196. The van der Waals surface area contributed by atoms with Gasteiger partial charge in [0.1, 0.15) is 0 Å². The van der Waals surface area contributed by atoms with Crippen molar-refractivity contribution in [2.75, 3.05) is 12.8 Å². The Hall–Kier alpha value is -1.05. The van der Waals surface area contributed by atoms with Gasteiger partial charge in [0.2, 0.25) is 10.0 Å². The second-order valence-electron chi connectivity index (χ2n) is 4.99. The Morgan fingerprint density at radius 2 is 1.79 bits per heavy atom. The largest absolute Gasteiger partial charge is 0.350 e. The summed E-state index contributed by atoms with van der Waals surface area (Å²) in [6.07, 6.45) is 1.09. The highest BCUT2D eigenvalue weighted by Gasteiger charge is 2.22. The highest BCUT2D eigenvalue weighted by molar-refractivity contribution is 7.88. The molecule has 19 heavy (non-hydrogen) atoms. The number of carbonyl (C=O) groups excluding carboxylic acids is 1. The molecule has 5 nitrogen and oxygen atoms in total. The summed E-state index contributed by atoms with van der Waals surface area (Å²) >= 11 is 4.14. The summed E-state index contributed by atoms with van der Waals surface area (Å²) in [5, 5.41) is 2.69. The maximum atomic E-state index is 11.9. The van der Waals surface area contributed by atoms with Gasteiger partial charge in [-0.25, -0.2) is 13.1 Å². The summed E-state index contributed by atoms with van der Waals surface area (Å²) in [7, 11) is -3.31. The molecule has 0 aliphatic heterocycles. The molecule has 1 aromatic rings. The minimum Gasteiger partial charge on any atom is -0.350 e. The van der Waals surface area contributed by atoms with E-state index in [0.717, 1.165) is 11.2 Å². The Balaban J connectivity index is 2.61. The molecule has 0 unspecified atom stereocenters. The van der Waals surface area contributed by atoms with Crippen LogP contribution in [0, 0.1) is 0 Å². The lowest BCUT2D eigenvalue weighted by molar-refractivity contribution is 0.0944. The number of sulfonamides is 1. The second-order valence-corrected chi connectivity index (χ2v) is 7.25. The molecule has 0 saturated carbocycles. The number of amides is 1. The van der Waals surface area contributed by atoms with Crippen LogP contribution in [0.3, 0.4) is 0 Å². The molecule has 2 N–H and O–H groups in total. The van der Waals surface area contributed by atoms with Gasteiger partial charge in [-0.3, -0.25) is 4.79 Å². The van der Waals surface area contributed by atoms with Crippen molar-refractivity contribution in [3.8, 4) is 0 Å². The Bertz CT molecular complexity index is 551. The minimum atomic E-state index is -3.31. The van der Waals surface area contributed by atoms with Gasteiger partial charge in [-0.1, -0.05) is 0 Å².